The second kappa shape index (κ2) is 6.70. The van der Waals surface area contributed by atoms with Crippen LogP contribution in [0.15, 0.2) is 0 Å². The van der Waals surface area contributed by atoms with Gasteiger partial charge in [-0.25, -0.2) is 8.42 Å². The van der Waals surface area contributed by atoms with E-state index in [4.69, 9.17) is 5.73 Å². The highest BCUT2D eigenvalue weighted by atomic mass is 32.2. The fourth-order valence-corrected chi connectivity index (χ4v) is 4.23. The molecular formula is C13H26N2O3S. The summed E-state index contributed by atoms with van der Waals surface area (Å²) in [4.78, 5) is 11.8. The zero-order chi connectivity index (χ0) is 14.5. The number of carbonyl (C=O) groups is 1. The average Bonchev–Trinajstić information content (AvgIpc) is 2.40. The van der Waals surface area contributed by atoms with Crippen LogP contribution >= 0.6 is 0 Å². The Hall–Kier alpha value is -0.620. The summed E-state index contributed by atoms with van der Waals surface area (Å²) in [5.74, 6) is -1.02. The summed E-state index contributed by atoms with van der Waals surface area (Å²) in [5.41, 5.74) is 4.89. The number of hydrogen-bond donors (Lipinski definition) is 2. The first-order valence-electron chi connectivity index (χ1n) is 6.97. The SMILES string of the molecule is CC(C)(N)CS(=O)(=O)CC(=O)NC1CCCCCC1. The molecule has 112 valence electrons. The van der Waals surface area contributed by atoms with Crippen molar-refractivity contribution >= 4 is 15.7 Å². The van der Waals surface area contributed by atoms with E-state index < -0.39 is 27.0 Å². The number of nitrogens with two attached hydrogens (primary N) is 1. The van der Waals surface area contributed by atoms with Gasteiger partial charge in [-0.15, -0.1) is 0 Å². The highest BCUT2D eigenvalue weighted by Crippen LogP contribution is 2.17. The Morgan fingerprint density at radius 1 is 1.21 bits per heavy atom. The Bertz CT molecular complexity index is 391. The Morgan fingerprint density at radius 3 is 2.21 bits per heavy atom. The molecule has 5 nitrogen and oxygen atoms in total. The fraction of sp³-hybridized carbons (Fsp3) is 0.923. The number of amides is 1. The maximum atomic E-state index is 11.8. The van der Waals surface area contributed by atoms with E-state index in [9.17, 15) is 13.2 Å². The van der Waals surface area contributed by atoms with Crippen molar-refractivity contribution in [1.29, 1.82) is 0 Å². The number of nitrogens with one attached hydrogen (secondary N) is 1. The van der Waals surface area contributed by atoms with Crippen molar-refractivity contribution < 1.29 is 13.2 Å². The van der Waals surface area contributed by atoms with Crippen LogP contribution in [0, 0.1) is 0 Å². The molecule has 1 rings (SSSR count). The van der Waals surface area contributed by atoms with Crippen molar-refractivity contribution in [3.05, 3.63) is 0 Å². The van der Waals surface area contributed by atoms with Crippen LogP contribution in [0.3, 0.4) is 0 Å². The molecule has 0 aromatic heterocycles. The van der Waals surface area contributed by atoms with Crippen molar-refractivity contribution in [3.8, 4) is 0 Å². The average molecular weight is 290 g/mol. The van der Waals surface area contributed by atoms with E-state index in [0.29, 0.717) is 0 Å². The molecule has 0 aromatic carbocycles. The van der Waals surface area contributed by atoms with Crippen molar-refractivity contribution in [2.45, 2.75) is 64.0 Å². The van der Waals surface area contributed by atoms with Gasteiger partial charge < -0.3 is 11.1 Å². The molecule has 1 amide bonds. The molecule has 0 heterocycles. The fourth-order valence-electron chi connectivity index (χ4n) is 2.51. The largest absolute Gasteiger partial charge is 0.352 e. The molecule has 1 aliphatic rings. The monoisotopic (exact) mass is 290 g/mol. The summed E-state index contributed by atoms with van der Waals surface area (Å²) in [7, 11) is -3.44. The topological polar surface area (TPSA) is 89.3 Å². The van der Waals surface area contributed by atoms with Crippen LogP contribution < -0.4 is 11.1 Å². The molecule has 1 fully saturated rings. The van der Waals surface area contributed by atoms with Gasteiger partial charge in [-0.1, -0.05) is 25.7 Å². The van der Waals surface area contributed by atoms with Crippen molar-refractivity contribution in [3.63, 3.8) is 0 Å². The Morgan fingerprint density at radius 2 is 1.74 bits per heavy atom. The Balaban J connectivity index is 2.45. The molecule has 1 saturated carbocycles. The Kier molecular flexibility index (Phi) is 5.80. The van der Waals surface area contributed by atoms with E-state index in [2.05, 4.69) is 5.32 Å². The third kappa shape index (κ3) is 7.52. The molecule has 6 heteroatoms. The molecule has 1 aliphatic carbocycles. The molecular weight excluding hydrogens is 264 g/mol. The van der Waals surface area contributed by atoms with E-state index in [1.165, 1.54) is 12.8 Å². The molecule has 3 N–H and O–H groups in total. The van der Waals surface area contributed by atoms with Gasteiger partial charge in [0.05, 0.1) is 5.75 Å². The normalized spacial score (nSPS) is 18.9. The number of carbonyl (C=O) groups excluding carboxylic acids is 1. The zero-order valence-corrected chi connectivity index (χ0v) is 12.8. The van der Waals surface area contributed by atoms with E-state index in [1.54, 1.807) is 13.8 Å². The van der Waals surface area contributed by atoms with E-state index in [1.807, 2.05) is 0 Å². The van der Waals surface area contributed by atoms with Crippen LogP contribution in [-0.2, 0) is 14.6 Å². The van der Waals surface area contributed by atoms with Crippen LogP contribution in [0.4, 0.5) is 0 Å². The van der Waals surface area contributed by atoms with Gasteiger partial charge >= 0.3 is 0 Å². The van der Waals surface area contributed by atoms with Gasteiger partial charge in [0.25, 0.3) is 0 Å². The lowest BCUT2D eigenvalue weighted by molar-refractivity contribution is -0.119. The van der Waals surface area contributed by atoms with Crippen LogP contribution in [0.2, 0.25) is 0 Å². The third-order valence-corrected chi connectivity index (χ3v) is 5.05. The van der Waals surface area contributed by atoms with Crippen LogP contribution in [0.1, 0.15) is 52.4 Å². The van der Waals surface area contributed by atoms with Crippen LogP contribution in [-0.4, -0.2) is 37.4 Å². The quantitative estimate of drug-likeness (QED) is 0.739. The first-order chi connectivity index (χ1) is 8.68. The second-order valence-electron chi connectivity index (χ2n) is 6.28. The highest BCUT2D eigenvalue weighted by molar-refractivity contribution is 7.92. The van der Waals surface area contributed by atoms with Crippen LogP contribution in [0.5, 0.6) is 0 Å². The predicted octanol–water partition coefficient (Wildman–Crippen LogP) is 0.978. The van der Waals surface area contributed by atoms with Gasteiger partial charge in [-0.05, 0) is 26.7 Å². The first kappa shape index (κ1) is 16.4. The molecule has 0 bridgehead atoms. The van der Waals surface area contributed by atoms with Gasteiger partial charge in [-0.2, -0.15) is 0 Å². The van der Waals surface area contributed by atoms with Gasteiger partial charge in [0.1, 0.15) is 5.75 Å². The zero-order valence-electron chi connectivity index (χ0n) is 11.9. The van der Waals surface area contributed by atoms with Gasteiger partial charge in [0.15, 0.2) is 9.84 Å². The Labute approximate surface area is 116 Å². The lowest BCUT2D eigenvalue weighted by Crippen LogP contribution is -2.44. The molecule has 0 aromatic rings. The van der Waals surface area contributed by atoms with Crippen molar-refractivity contribution in [2.24, 2.45) is 5.73 Å². The predicted molar refractivity (Wildman–Crippen MR) is 76.6 cm³/mol. The van der Waals surface area contributed by atoms with Crippen LogP contribution in [0.25, 0.3) is 0 Å². The van der Waals surface area contributed by atoms with Crippen molar-refractivity contribution in [2.75, 3.05) is 11.5 Å². The summed E-state index contributed by atoms with van der Waals surface area (Å²) >= 11 is 0. The van der Waals surface area contributed by atoms with Gasteiger partial charge in [0, 0.05) is 11.6 Å². The third-order valence-electron chi connectivity index (χ3n) is 3.16. The number of hydrogen-bond acceptors (Lipinski definition) is 4. The smallest absolute Gasteiger partial charge is 0.235 e. The molecule has 0 unspecified atom stereocenters. The molecule has 0 spiro atoms. The lowest BCUT2D eigenvalue weighted by Gasteiger charge is -2.19. The summed E-state index contributed by atoms with van der Waals surface area (Å²) in [5, 5.41) is 2.84. The molecule has 0 atom stereocenters. The van der Waals surface area contributed by atoms with Crippen molar-refractivity contribution in [1.82, 2.24) is 5.32 Å². The molecule has 0 saturated heterocycles. The van der Waals surface area contributed by atoms with Gasteiger partial charge in [0.2, 0.25) is 5.91 Å². The number of sulfone groups is 1. The summed E-state index contributed by atoms with van der Waals surface area (Å²) in [6, 6.07) is 0.135. The maximum Gasteiger partial charge on any atom is 0.235 e. The number of rotatable bonds is 5. The minimum Gasteiger partial charge on any atom is -0.352 e. The minimum absolute atomic E-state index is 0.135. The van der Waals surface area contributed by atoms with E-state index in [-0.39, 0.29) is 11.8 Å². The highest BCUT2D eigenvalue weighted by Gasteiger charge is 2.25. The summed E-state index contributed by atoms with van der Waals surface area (Å²) in [6.07, 6.45) is 6.52. The second-order valence-corrected chi connectivity index (χ2v) is 8.34. The van der Waals surface area contributed by atoms with E-state index in [0.717, 1.165) is 25.7 Å². The standard InChI is InChI=1S/C13H26N2O3S/c1-13(2,14)10-19(17,18)9-12(16)15-11-7-5-3-4-6-8-11/h11H,3-10,14H2,1-2H3,(H,15,16). The minimum atomic E-state index is -3.44. The molecule has 0 aliphatic heterocycles. The lowest BCUT2D eigenvalue weighted by atomic mass is 10.1. The molecule has 0 radical (unpaired) electrons. The maximum absolute atomic E-state index is 11.8. The summed E-state index contributed by atoms with van der Waals surface area (Å²) in [6.45, 7) is 3.29. The summed E-state index contributed by atoms with van der Waals surface area (Å²) < 4.78 is 23.7. The first-order valence-corrected chi connectivity index (χ1v) is 8.79. The molecule has 19 heavy (non-hydrogen) atoms. The van der Waals surface area contributed by atoms with Gasteiger partial charge in [-0.3, -0.25) is 4.79 Å². The van der Waals surface area contributed by atoms with E-state index >= 15 is 0 Å².